The predicted molar refractivity (Wildman–Crippen MR) is 46.8 cm³/mol. The molecule has 0 aliphatic heterocycles. The van der Waals surface area contributed by atoms with Crippen LogP contribution in [0.4, 0.5) is 0 Å². The monoisotopic (exact) mass is 278 g/mol. The Kier molecular flexibility index (Phi) is 6.27. The van der Waals surface area contributed by atoms with E-state index in [1.807, 2.05) is 22.9 Å². The standard InChI is InChI=1S/C3H13IN5O2/c1-9(5,7-4)8-11-6-3-10-2/h6-8H,3,5H2,1-2H3/q+1. The van der Waals surface area contributed by atoms with Crippen LogP contribution < -0.4 is 20.6 Å². The molecule has 1 atom stereocenters. The molecule has 0 radical (unpaired) electrons. The van der Waals surface area contributed by atoms with Crippen LogP contribution in [0.5, 0.6) is 0 Å². The lowest BCUT2D eigenvalue weighted by molar-refractivity contribution is -1.01. The zero-order chi connectivity index (χ0) is 8.74. The summed E-state index contributed by atoms with van der Waals surface area (Å²) in [6.07, 6.45) is 0. The predicted octanol–water partition coefficient (Wildman–Crippen LogP) is -1.29. The molecule has 0 rings (SSSR count). The van der Waals surface area contributed by atoms with Gasteiger partial charge in [-0.1, -0.05) is 8.45 Å². The van der Waals surface area contributed by atoms with Crippen LogP contribution >= 0.6 is 22.9 Å². The van der Waals surface area contributed by atoms with Crippen LogP contribution in [0.15, 0.2) is 0 Å². The van der Waals surface area contributed by atoms with Gasteiger partial charge < -0.3 is 4.74 Å². The second-order valence-corrected chi connectivity index (χ2v) is 2.41. The second kappa shape index (κ2) is 6.02. The Bertz CT molecular complexity index is 102. The molecule has 0 aliphatic rings. The van der Waals surface area contributed by atoms with E-state index in [1.165, 1.54) is 0 Å². The average Bonchev–Trinajstić information content (AvgIpc) is 1.99. The first kappa shape index (κ1) is 11.4. The highest BCUT2D eigenvalue weighted by Crippen LogP contribution is 1.80. The van der Waals surface area contributed by atoms with E-state index in [1.54, 1.807) is 14.2 Å². The topological polar surface area (TPSA) is 80.6 Å². The van der Waals surface area contributed by atoms with Gasteiger partial charge in [-0.3, -0.25) is 0 Å². The molecule has 0 heterocycles. The third kappa shape index (κ3) is 6.83. The number of methoxy groups -OCH3 is 1. The smallest absolute Gasteiger partial charge is 0.127 e. The maximum atomic E-state index is 5.50. The third-order valence-electron chi connectivity index (χ3n) is 0.686. The molecule has 0 aliphatic carbocycles. The molecule has 0 amide bonds. The van der Waals surface area contributed by atoms with Crippen LogP contribution in [0.25, 0.3) is 0 Å². The fourth-order valence-corrected chi connectivity index (χ4v) is 0.331. The molecule has 0 aromatic carbocycles. The molecule has 0 saturated heterocycles. The van der Waals surface area contributed by atoms with E-state index < -0.39 is 0 Å². The summed E-state index contributed by atoms with van der Waals surface area (Å²) in [5, 5.41) is 0. The van der Waals surface area contributed by atoms with Crippen molar-refractivity contribution in [1.82, 2.24) is 14.7 Å². The minimum absolute atomic E-state index is 0.169. The van der Waals surface area contributed by atoms with Crippen molar-refractivity contribution < 1.29 is 14.5 Å². The van der Waals surface area contributed by atoms with Gasteiger partial charge in [-0.15, -0.1) is 5.84 Å². The lowest BCUT2D eigenvalue weighted by Gasteiger charge is -2.22. The highest BCUT2D eigenvalue weighted by molar-refractivity contribution is 14.1. The summed E-state index contributed by atoms with van der Waals surface area (Å²) in [5.41, 5.74) is 4.90. The Hall–Kier alpha value is 0.450. The van der Waals surface area contributed by atoms with E-state index in [2.05, 4.69) is 24.4 Å². The van der Waals surface area contributed by atoms with Gasteiger partial charge in [-0.2, -0.15) is 10.4 Å². The van der Waals surface area contributed by atoms with Crippen LogP contribution in [0.2, 0.25) is 0 Å². The Balaban J connectivity index is 3.23. The van der Waals surface area contributed by atoms with E-state index in [9.17, 15) is 0 Å². The number of nitrogens with two attached hydrogens (primary N) is 1. The SMILES string of the molecule is COCNON[N+](C)(N)NI. The van der Waals surface area contributed by atoms with Crippen LogP contribution in [-0.2, 0) is 9.68 Å². The zero-order valence-electron chi connectivity index (χ0n) is 6.43. The molecule has 7 nitrogen and oxygen atoms in total. The molecule has 8 heteroatoms. The molecule has 0 aromatic rings. The normalized spacial score (nSPS) is 16.4. The number of hydroxylamine groups is 1. The van der Waals surface area contributed by atoms with E-state index in [0.29, 0.717) is 0 Å². The van der Waals surface area contributed by atoms with E-state index in [4.69, 9.17) is 5.84 Å². The summed E-state index contributed by atoms with van der Waals surface area (Å²) in [6.45, 7) is 0.286. The second-order valence-electron chi connectivity index (χ2n) is 1.93. The number of halogens is 1. The largest absolute Gasteiger partial charge is 0.367 e. The first-order valence-electron chi connectivity index (χ1n) is 2.80. The number of ether oxygens (including phenoxy) is 1. The number of hydrogen-bond acceptors (Lipinski definition) is 6. The quantitative estimate of drug-likeness (QED) is 0.0920. The van der Waals surface area contributed by atoms with Gasteiger partial charge in [0.2, 0.25) is 0 Å². The zero-order valence-corrected chi connectivity index (χ0v) is 8.58. The third-order valence-corrected chi connectivity index (χ3v) is 1.69. The molecule has 1 unspecified atom stereocenters. The van der Waals surface area contributed by atoms with Crippen molar-refractivity contribution in [2.24, 2.45) is 5.84 Å². The lowest BCUT2D eigenvalue weighted by atomic mass is 11.3. The number of quaternary nitrogens is 1. The highest BCUT2D eigenvalue weighted by atomic mass is 127. The van der Waals surface area contributed by atoms with Crippen molar-refractivity contribution in [2.45, 2.75) is 0 Å². The van der Waals surface area contributed by atoms with Crippen molar-refractivity contribution in [3.05, 3.63) is 0 Å². The summed E-state index contributed by atoms with van der Waals surface area (Å²) >= 11 is 1.89. The molecule has 11 heavy (non-hydrogen) atoms. The van der Waals surface area contributed by atoms with Crippen molar-refractivity contribution in [2.75, 3.05) is 20.9 Å². The Morgan fingerprint density at radius 3 is 2.73 bits per heavy atom. The summed E-state index contributed by atoms with van der Waals surface area (Å²) < 4.78 is 7.33. The fraction of sp³-hybridized carbons (Fsp3) is 1.00. The van der Waals surface area contributed by atoms with Gasteiger partial charge in [0.05, 0.1) is 22.9 Å². The maximum absolute atomic E-state index is 5.50. The van der Waals surface area contributed by atoms with Crippen LogP contribution in [0.3, 0.4) is 0 Å². The molecule has 68 valence electrons. The Labute approximate surface area is 79.1 Å². The summed E-state index contributed by atoms with van der Waals surface area (Å²) in [6, 6.07) is 0. The number of hydrogen-bond donors (Lipinski definition) is 4. The van der Waals surface area contributed by atoms with Crippen molar-refractivity contribution >= 4 is 22.9 Å². The van der Waals surface area contributed by atoms with Gasteiger partial charge >= 0.3 is 0 Å². The first-order valence-corrected chi connectivity index (χ1v) is 3.88. The number of nitrogens with one attached hydrogen (secondary N) is 3. The maximum Gasteiger partial charge on any atom is 0.127 e. The first-order chi connectivity index (χ1) is 5.12. The van der Waals surface area contributed by atoms with Crippen molar-refractivity contribution in [3.63, 3.8) is 0 Å². The molecular formula is C3H13IN5O2+. The van der Waals surface area contributed by atoms with E-state index in [0.717, 1.165) is 0 Å². The van der Waals surface area contributed by atoms with Gasteiger partial charge in [0.15, 0.2) is 0 Å². The van der Waals surface area contributed by atoms with Gasteiger partial charge in [0.25, 0.3) is 0 Å². The summed E-state index contributed by atoms with van der Waals surface area (Å²) in [5.74, 6) is 5.50. The Morgan fingerprint density at radius 2 is 2.27 bits per heavy atom. The number of nitrogens with zero attached hydrogens (tertiary/aromatic N) is 1. The molecule has 0 saturated carbocycles. The minimum Gasteiger partial charge on any atom is -0.367 e. The molecular weight excluding hydrogens is 265 g/mol. The molecule has 0 aromatic heterocycles. The fourth-order valence-electron chi connectivity index (χ4n) is 0.233. The van der Waals surface area contributed by atoms with E-state index >= 15 is 0 Å². The number of rotatable bonds is 6. The van der Waals surface area contributed by atoms with Gasteiger partial charge in [0, 0.05) is 12.7 Å². The minimum atomic E-state index is -0.169. The van der Waals surface area contributed by atoms with Gasteiger partial charge in [-0.25, -0.2) is 0 Å². The molecule has 0 spiro atoms. The lowest BCUT2D eigenvalue weighted by Crippen LogP contribution is -2.66. The summed E-state index contributed by atoms with van der Waals surface area (Å²) in [4.78, 5) is 4.52. The van der Waals surface area contributed by atoms with Crippen LogP contribution in [0.1, 0.15) is 0 Å². The van der Waals surface area contributed by atoms with Crippen LogP contribution in [-0.4, -0.2) is 25.7 Å². The molecule has 0 fully saturated rings. The Morgan fingerprint density at radius 1 is 1.64 bits per heavy atom. The molecule has 0 bridgehead atoms. The van der Waals surface area contributed by atoms with E-state index in [-0.39, 0.29) is 11.5 Å². The molecule has 5 N–H and O–H groups in total. The van der Waals surface area contributed by atoms with Gasteiger partial charge in [-0.05, 0) is 0 Å². The average molecular weight is 278 g/mol. The van der Waals surface area contributed by atoms with Crippen LogP contribution in [0, 0.1) is 0 Å². The van der Waals surface area contributed by atoms with Gasteiger partial charge in [0.1, 0.15) is 13.8 Å². The van der Waals surface area contributed by atoms with Crippen molar-refractivity contribution in [1.29, 1.82) is 0 Å². The van der Waals surface area contributed by atoms with Crippen molar-refractivity contribution in [3.8, 4) is 0 Å². The highest BCUT2D eigenvalue weighted by Gasteiger charge is 2.13. The summed E-state index contributed by atoms with van der Waals surface area (Å²) in [7, 11) is 3.20.